The zero-order valence-corrected chi connectivity index (χ0v) is 12.4. The second-order valence-electron chi connectivity index (χ2n) is 5.32. The van der Waals surface area contributed by atoms with Gasteiger partial charge in [0.1, 0.15) is 42.7 Å². The van der Waals surface area contributed by atoms with Gasteiger partial charge in [-0.05, 0) is 0 Å². The highest BCUT2D eigenvalue weighted by molar-refractivity contribution is 5.72. The van der Waals surface area contributed by atoms with Crippen molar-refractivity contribution in [1.29, 1.82) is 0 Å². The molecular formula is C12H22O12. The number of aliphatic carboxylic acids is 1. The molecule has 1 saturated heterocycles. The molecule has 12 nitrogen and oxygen atoms in total. The van der Waals surface area contributed by atoms with Crippen LogP contribution in [0.5, 0.6) is 0 Å². The topological polar surface area (TPSA) is 218 Å². The zero-order valence-electron chi connectivity index (χ0n) is 12.4. The summed E-state index contributed by atoms with van der Waals surface area (Å²) in [7, 11) is 0. The predicted molar refractivity (Wildman–Crippen MR) is 71.4 cm³/mol. The van der Waals surface area contributed by atoms with E-state index in [2.05, 4.69) is 0 Å². The van der Waals surface area contributed by atoms with Gasteiger partial charge in [0, 0.05) is 0 Å². The van der Waals surface area contributed by atoms with Gasteiger partial charge in [-0.25, -0.2) is 4.79 Å². The first-order chi connectivity index (χ1) is 11.1. The van der Waals surface area contributed by atoms with Crippen LogP contribution in [0.2, 0.25) is 0 Å². The third kappa shape index (κ3) is 4.58. The van der Waals surface area contributed by atoms with E-state index in [1.54, 1.807) is 0 Å². The number of ether oxygens (including phenoxy) is 2. The van der Waals surface area contributed by atoms with Crippen molar-refractivity contribution in [3.05, 3.63) is 0 Å². The van der Waals surface area contributed by atoms with Crippen molar-refractivity contribution in [2.24, 2.45) is 0 Å². The first-order valence-corrected chi connectivity index (χ1v) is 6.99. The summed E-state index contributed by atoms with van der Waals surface area (Å²) in [5, 5.41) is 84.5. The maximum atomic E-state index is 10.7. The lowest BCUT2D eigenvalue weighted by molar-refractivity contribution is -0.326. The summed E-state index contributed by atoms with van der Waals surface area (Å²) in [6.45, 7) is -1.76. The third-order valence-electron chi connectivity index (χ3n) is 3.62. The molecule has 5 unspecified atom stereocenters. The fourth-order valence-electron chi connectivity index (χ4n) is 2.16. The molecule has 0 radical (unpaired) electrons. The molecule has 1 heterocycles. The number of hydrogen-bond donors (Lipinski definition) is 9. The number of carboxylic acid groups (broad SMARTS) is 1. The van der Waals surface area contributed by atoms with Crippen LogP contribution >= 0.6 is 0 Å². The summed E-state index contributed by atoms with van der Waals surface area (Å²) in [6, 6.07) is 0. The molecule has 12 heteroatoms. The van der Waals surface area contributed by atoms with Gasteiger partial charge in [0.05, 0.1) is 13.2 Å². The lowest BCUT2D eigenvalue weighted by Gasteiger charge is -2.42. The van der Waals surface area contributed by atoms with E-state index in [9.17, 15) is 35.4 Å². The molecule has 0 amide bonds. The summed E-state index contributed by atoms with van der Waals surface area (Å²) in [5.74, 6) is -1.84. The molecule has 9 atom stereocenters. The minimum absolute atomic E-state index is 0.766. The van der Waals surface area contributed by atoms with Crippen LogP contribution in [-0.4, -0.2) is 120 Å². The van der Waals surface area contributed by atoms with Gasteiger partial charge in [-0.3, -0.25) is 0 Å². The Morgan fingerprint density at radius 3 is 2.08 bits per heavy atom. The van der Waals surface area contributed by atoms with Crippen molar-refractivity contribution in [1.82, 2.24) is 0 Å². The molecule has 1 fully saturated rings. The Morgan fingerprint density at radius 2 is 1.62 bits per heavy atom. The van der Waals surface area contributed by atoms with Gasteiger partial charge < -0.3 is 55.4 Å². The SMILES string of the molecule is O=C(O)[C@H](O)[C@@H](O)[C@H](OC1OC(CO)C(O)C(O)C1O)[C@H](O)CO. The minimum Gasteiger partial charge on any atom is -0.479 e. The average molecular weight is 358 g/mol. The van der Waals surface area contributed by atoms with E-state index in [0.717, 1.165) is 0 Å². The highest BCUT2D eigenvalue weighted by Gasteiger charge is 2.47. The van der Waals surface area contributed by atoms with Crippen LogP contribution in [0.25, 0.3) is 0 Å². The smallest absolute Gasteiger partial charge is 0.335 e. The van der Waals surface area contributed by atoms with E-state index in [4.69, 9.17) is 24.8 Å². The van der Waals surface area contributed by atoms with Crippen molar-refractivity contribution in [2.75, 3.05) is 13.2 Å². The minimum atomic E-state index is -2.39. The summed E-state index contributed by atoms with van der Waals surface area (Å²) in [5.41, 5.74) is 0. The van der Waals surface area contributed by atoms with Crippen LogP contribution in [0.15, 0.2) is 0 Å². The third-order valence-corrected chi connectivity index (χ3v) is 3.62. The van der Waals surface area contributed by atoms with E-state index in [1.807, 2.05) is 0 Å². The number of carbonyl (C=O) groups is 1. The molecule has 142 valence electrons. The highest BCUT2D eigenvalue weighted by atomic mass is 16.7. The van der Waals surface area contributed by atoms with Gasteiger partial charge >= 0.3 is 5.97 Å². The first kappa shape index (κ1) is 21.1. The number of aliphatic hydroxyl groups excluding tert-OH is 8. The Hall–Kier alpha value is -0.930. The Labute approximate surface area is 135 Å². The molecule has 0 saturated carbocycles. The molecule has 0 aromatic rings. The molecule has 0 aromatic heterocycles. The monoisotopic (exact) mass is 358 g/mol. The number of hydrogen-bond acceptors (Lipinski definition) is 11. The largest absolute Gasteiger partial charge is 0.479 e. The number of aliphatic hydroxyl groups is 8. The molecule has 0 bridgehead atoms. The van der Waals surface area contributed by atoms with E-state index >= 15 is 0 Å². The Balaban J connectivity index is 2.94. The molecular weight excluding hydrogens is 336 g/mol. The highest BCUT2D eigenvalue weighted by Crippen LogP contribution is 2.24. The lowest BCUT2D eigenvalue weighted by atomic mass is 9.98. The molecule has 1 aliphatic heterocycles. The Kier molecular flexibility index (Phi) is 7.88. The van der Waals surface area contributed by atoms with E-state index in [0.29, 0.717) is 0 Å². The van der Waals surface area contributed by atoms with Crippen LogP contribution in [0.4, 0.5) is 0 Å². The van der Waals surface area contributed by atoms with Gasteiger partial charge in [0.15, 0.2) is 12.4 Å². The van der Waals surface area contributed by atoms with Crippen molar-refractivity contribution >= 4 is 5.97 Å². The maximum absolute atomic E-state index is 10.7. The van der Waals surface area contributed by atoms with Crippen molar-refractivity contribution in [3.63, 3.8) is 0 Å². The van der Waals surface area contributed by atoms with Crippen LogP contribution < -0.4 is 0 Å². The first-order valence-electron chi connectivity index (χ1n) is 6.99. The van der Waals surface area contributed by atoms with Gasteiger partial charge in [-0.1, -0.05) is 0 Å². The van der Waals surface area contributed by atoms with E-state index in [1.165, 1.54) is 0 Å². The number of rotatable bonds is 8. The molecule has 0 aromatic carbocycles. The summed E-state index contributed by atoms with van der Waals surface area (Å²) >= 11 is 0. The quantitative estimate of drug-likeness (QED) is 0.198. The average Bonchev–Trinajstić information content (AvgIpc) is 2.57. The van der Waals surface area contributed by atoms with Crippen LogP contribution in [0.1, 0.15) is 0 Å². The molecule has 9 N–H and O–H groups in total. The normalized spacial score (nSPS) is 35.9. The Morgan fingerprint density at radius 1 is 1.04 bits per heavy atom. The lowest BCUT2D eigenvalue weighted by Crippen LogP contribution is -2.61. The van der Waals surface area contributed by atoms with Crippen molar-refractivity contribution < 1.29 is 60.2 Å². The van der Waals surface area contributed by atoms with Gasteiger partial charge in [0.25, 0.3) is 0 Å². The van der Waals surface area contributed by atoms with Gasteiger partial charge in [-0.15, -0.1) is 0 Å². The maximum Gasteiger partial charge on any atom is 0.335 e. The molecule has 24 heavy (non-hydrogen) atoms. The summed E-state index contributed by atoms with van der Waals surface area (Å²) in [4.78, 5) is 10.7. The van der Waals surface area contributed by atoms with Crippen LogP contribution in [0, 0.1) is 0 Å². The summed E-state index contributed by atoms with van der Waals surface area (Å²) < 4.78 is 9.98. The summed E-state index contributed by atoms with van der Waals surface area (Å²) in [6.07, 6.45) is -16.9. The van der Waals surface area contributed by atoms with Gasteiger partial charge in [0.2, 0.25) is 0 Å². The van der Waals surface area contributed by atoms with Crippen LogP contribution in [-0.2, 0) is 14.3 Å². The second kappa shape index (κ2) is 8.96. The number of carboxylic acids is 1. The molecule has 0 aliphatic carbocycles. The van der Waals surface area contributed by atoms with Crippen molar-refractivity contribution in [3.8, 4) is 0 Å². The van der Waals surface area contributed by atoms with E-state index < -0.39 is 74.3 Å². The molecule has 1 rings (SSSR count). The molecule has 0 spiro atoms. The predicted octanol–water partition coefficient (Wildman–Crippen LogP) is -5.67. The molecule has 1 aliphatic rings. The van der Waals surface area contributed by atoms with Crippen LogP contribution in [0.3, 0.4) is 0 Å². The second-order valence-corrected chi connectivity index (χ2v) is 5.32. The van der Waals surface area contributed by atoms with Crippen molar-refractivity contribution in [2.45, 2.75) is 55.1 Å². The van der Waals surface area contributed by atoms with E-state index in [-0.39, 0.29) is 0 Å². The standard InChI is InChI=1S/C12H22O12/c13-1-3(15)10(7(18)8(19)11(21)22)24-12-9(20)6(17)5(16)4(2-14)23-12/h3-10,12-20H,1-2H2,(H,21,22)/t3-,4?,5?,6?,7-,8-,9?,10-,12?/m1/s1. The zero-order chi connectivity index (χ0) is 18.6. The fourth-order valence-corrected chi connectivity index (χ4v) is 2.16. The van der Waals surface area contributed by atoms with Gasteiger partial charge in [-0.2, -0.15) is 0 Å². The Bertz CT molecular complexity index is 403. The fraction of sp³-hybridized carbons (Fsp3) is 0.917.